The van der Waals surface area contributed by atoms with E-state index in [4.69, 9.17) is 4.74 Å². The molecule has 112 valence electrons. The van der Waals surface area contributed by atoms with Crippen molar-refractivity contribution < 1.29 is 9.53 Å². The summed E-state index contributed by atoms with van der Waals surface area (Å²) in [5, 5.41) is 3.45. The summed E-state index contributed by atoms with van der Waals surface area (Å²) in [7, 11) is 0. The van der Waals surface area contributed by atoms with Crippen LogP contribution in [-0.4, -0.2) is 12.0 Å². The fourth-order valence-electron chi connectivity index (χ4n) is 1.85. The molecule has 0 saturated heterocycles. The molecule has 0 aromatic heterocycles. The van der Waals surface area contributed by atoms with Gasteiger partial charge in [0.05, 0.1) is 5.41 Å². The molecule has 0 aliphatic rings. The van der Waals surface area contributed by atoms with Gasteiger partial charge in [0.2, 0.25) is 0 Å². The first kappa shape index (κ1) is 16.5. The molecule has 0 amide bonds. The predicted octanol–water partition coefficient (Wildman–Crippen LogP) is 4.38. The minimum Gasteiger partial charge on any atom is -0.460 e. The quantitative estimate of drug-likeness (QED) is 0.784. The van der Waals surface area contributed by atoms with Gasteiger partial charge in [-0.05, 0) is 51.8 Å². The summed E-state index contributed by atoms with van der Waals surface area (Å²) in [5.74, 6) is -0.170. The lowest BCUT2D eigenvalue weighted by atomic mass is 9.97. The van der Waals surface area contributed by atoms with Gasteiger partial charge in [0.25, 0.3) is 0 Å². The van der Waals surface area contributed by atoms with Crippen LogP contribution in [0, 0.1) is 5.41 Å². The van der Waals surface area contributed by atoms with Crippen molar-refractivity contribution in [2.45, 2.75) is 60.1 Å². The van der Waals surface area contributed by atoms with E-state index in [1.807, 2.05) is 45.0 Å². The molecule has 3 nitrogen and oxygen atoms in total. The summed E-state index contributed by atoms with van der Waals surface area (Å²) in [6.45, 7) is 10.3. The van der Waals surface area contributed by atoms with Crippen molar-refractivity contribution in [3.63, 3.8) is 0 Å². The molecule has 1 aromatic carbocycles. The minimum absolute atomic E-state index is 0.170. The molecule has 0 bridgehead atoms. The van der Waals surface area contributed by atoms with Gasteiger partial charge in [-0.3, -0.25) is 4.79 Å². The Kier molecular flexibility index (Phi) is 6.05. The maximum absolute atomic E-state index is 11.7. The van der Waals surface area contributed by atoms with E-state index in [0.717, 1.165) is 17.7 Å². The van der Waals surface area contributed by atoms with Gasteiger partial charge in [0.1, 0.15) is 6.61 Å². The fourth-order valence-corrected chi connectivity index (χ4v) is 1.85. The number of esters is 1. The maximum atomic E-state index is 11.7. The van der Waals surface area contributed by atoms with Gasteiger partial charge in [-0.15, -0.1) is 0 Å². The molecule has 0 saturated carbocycles. The standard InChI is InChI=1S/C17H27NO2/c1-6-7-13(2)18-15-10-8-14(9-11-15)12-20-16(19)17(3,4)5/h8-11,13,18H,6-7,12H2,1-5H3. The molecular weight excluding hydrogens is 250 g/mol. The van der Waals surface area contributed by atoms with Crippen molar-refractivity contribution in [2.24, 2.45) is 5.41 Å². The van der Waals surface area contributed by atoms with Crippen molar-refractivity contribution in [1.29, 1.82) is 0 Å². The van der Waals surface area contributed by atoms with E-state index in [0.29, 0.717) is 12.6 Å². The number of hydrogen-bond acceptors (Lipinski definition) is 3. The normalized spacial score (nSPS) is 12.8. The molecule has 20 heavy (non-hydrogen) atoms. The largest absolute Gasteiger partial charge is 0.460 e. The highest BCUT2D eigenvalue weighted by Gasteiger charge is 2.22. The van der Waals surface area contributed by atoms with Gasteiger partial charge >= 0.3 is 5.97 Å². The highest BCUT2D eigenvalue weighted by atomic mass is 16.5. The van der Waals surface area contributed by atoms with Crippen LogP contribution >= 0.6 is 0 Å². The summed E-state index contributed by atoms with van der Waals surface area (Å²) in [5.41, 5.74) is 1.67. The second kappa shape index (κ2) is 7.32. The molecule has 1 N–H and O–H groups in total. The van der Waals surface area contributed by atoms with Crippen molar-refractivity contribution >= 4 is 11.7 Å². The summed E-state index contributed by atoms with van der Waals surface area (Å²) < 4.78 is 5.29. The summed E-state index contributed by atoms with van der Waals surface area (Å²) in [6, 6.07) is 8.54. The van der Waals surface area contributed by atoms with Crippen molar-refractivity contribution in [1.82, 2.24) is 0 Å². The van der Waals surface area contributed by atoms with E-state index >= 15 is 0 Å². The molecule has 1 unspecified atom stereocenters. The van der Waals surface area contributed by atoms with Crippen LogP contribution in [0.4, 0.5) is 5.69 Å². The highest BCUT2D eigenvalue weighted by Crippen LogP contribution is 2.17. The number of benzene rings is 1. The van der Waals surface area contributed by atoms with E-state index < -0.39 is 5.41 Å². The van der Waals surface area contributed by atoms with Gasteiger partial charge in [0.15, 0.2) is 0 Å². The Balaban J connectivity index is 2.49. The Labute approximate surface area is 122 Å². The lowest BCUT2D eigenvalue weighted by Gasteiger charge is -2.17. The molecule has 1 atom stereocenters. The molecule has 1 rings (SSSR count). The molecule has 0 heterocycles. The molecule has 0 radical (unpaired) electrons. The predicted molar refractivity (Wildman–Crippen MR) is 83.7 cm³/mol. The third-order valence-corrected chi connectivity index (χ3v) is 3.07. The van der Waals surface area contributed by atoms with Crippen LogP contribution in [0.3, 0.4) is 0 Å². The summed E-state index contributed by atoms with van der Waals surface area (Å²) in [4.78, 5) is 11.7. The van der Waals surface area contributed by atoms with E-state index in [-0.39, 0.29) is 5.97 Å². The topological polar surface area (TPSA) is 38.3 Å². The molecule has 0 spiro atoms. The summed E-state index contributed by atoms with van der Waals surface area (Å²) >= 11 is 0. The Morgan fingerprint density at radius 3 is 2.35 bits per heavy atom. The zero-order valence-electron chi connectivity index (χ0n) is 13.3. The Morgan fingerprint density at radius 2 is 1.85 bits per heavy atom. The lowest BCUT2D eigenvalue weighted by molar-refractivity contribution is -0.154. The van der Waals surface area contributed by atoms with Gasteiger partial charge < -0.3 is 10.1 Å². The van der Waals surface area contributed by atoms with Crippen LogP contribution in [-0.2, 0) is 16.1 Å². The number of carbonyl (C=O) groups excluding carboxylic acids is 1. The fraction of sp³-hybridized carbons (Fsp3) is 0.588. The average Bonchev–Trinajstić information content (AvgIpc) is 2.36. The van der Waals surface area contributed by atoms with Crippen LogP contribution in [0.2, 0.25) is 0 Å². The Bertz CT molecular complexity index is 418. The van der Waals surface area contributed by atoms with E-state index in [9.17, 15) is 4.79 Å². The Hall–Kier alpha value is -1.51. The number of rotatable bonds is 6. The monoisotopic (exact) mass is 277 g/mol. The third kappa shape index (κ3) is 5.64. The molecule has 1 aromatic rings. The first-order valence-electron chi connectivity index (χ1n) is 7.35. The van der Waals surface area contributed by atoms with E-state index in [1.165, 1.54) is 6.42 Å². The maximum Gasteiger partial charge on any atom is 0.311 e. The highest BCUT2D eigenvalue weighted by molar-refractivity contribution is 5.75. The number of ether oxygens (including phenoxy) is 1. The van der Waals surface area contributed by atoms with Gasteiger partial charge in [-0.25, -0.2) is 0 Å². The molecule has 0 aliphatic heterocycles. The zero-order valence-corrected chi connectivity index (χ0v) is 13.3. The van der Waals surface area contributed by atoms with Crippen LogP contribution in [0.1, 0.15) is 53.0 Å². The van der Waals surface area contributed by atoms with Gasteiger partial charge in [-0.1, -0.05) is 25.5 Å². The second-order valence-corrected chi connectivity index (χ2v) is 6.36. The van der Waals surface area contributed by atoms with Gasteiger partial charge in [-0.2, -0.15) is 0 Å². The number of hydrogen-bond donors (Lipinski definition) is 1. The Morgan fingerprint density at radius 1 is 1.25 bits per heavy atom. The van der Waals surface area contributed by atoms with Crippen LogP contribution in [0.25, 0.3) is 0 Å². The second-order valence-electron chi connectivity index (χ2n) is 6.36. The molecular formula is C17H27NO2. The number of nitrogens with one attached hydrogen (secondary N) is 1. The van der Waals surface area contributed by atoms with Crippen molar-refractivity contribution in [3.05, 3.63) is 29.8 Å². The van der Waals surface area contributed by atoms with Crippen molar-refractivity contribution in [3.8, 4) is 0 Å². The zero-order chi connectivity index (χ0) is 15.2. The SMILES string of the molecule is CCCC(C)Nc1ccc(COC(=O)C(C)(C)C)cc1. The first-order valence-corrected chi connectivity index (χ1v) is 7.35. The lowest BCUT2D eigenvalue weighted by Crippen LogP contribution is -2.22. The third-order valence-electron chi connectivity index (χ3n) is 3.07. The van der Waals surface area contributed by atoms with Crippen LogP contribution in [0.5, 0.6) is 0 Å². The molecule has 3 heteroatoms. The summed E-state index contributed by atoms with van der Waals surface area (Å²) in [6.07, 6.45) is 2.33. The van der Waals surface area contributed by atoms with Crippen LogP contribution in [0.15, 0.2) is 24.3 Å². The van der Waals surface area contributed by atoms with Crippen molar-refractivity contribution in [2.75, 3.05) is 5.32 Å². The average molecular weight is 277 g/mol. The van der Waals surface area contributed by atoms with Crippen LogP contribution < -0.4 is 5.32 Å². The first-order chi connectivity index (χ1) is 9.32. The smallest absolute Gasteiger partial charge is 0.311 e. The minimum atomic E-state index is -0.447. The number of anilines is 1. The molecule has 0 fully saturated rings. The van der Waals surface area contributed by atoms with Gasteiger partial charge in [0, 0.05) is 11.7 Å². The van der Waals surface area contributed by atoms with E-state index in [2.05, 4.69) is 19.2 Å². The van der Waals surface area contributed by atoms with E-state index in [1.54, 1.807) is 0 Å². The number of carbonyl (C=O) groups is 1. The molecule has 0 aliphatic carbocycles.